The number of amides is 1. The fraction of sp³-hybridized carbons (Fsp3) is 0.650. The molecule has 0 aromatic heterocycles. The summed E-state index contributed by atoms with van der Waals surface area (Å²) >= 11 is 6.20. The van der Waals surface area contributed by atoms with Crippen molar-refractivity contribution in [3.63, 3.8) is 0 Å². The number of carbonyl (C=O) groups is 1. The molecule has 3 aliphatic rings. The molecule has 1 aromatic carbocycles. The number of carbonyl (C=O) groups excluding carboxylic acids is 1. The number of hydrogen-bond donors (Lipinski definition) is 2. The van der Waals surface area contributed by atoms with E-state index >= 15 is 0 Å². The summed E-state index contributed by atoms with van der Waals surface area (Å²) in [6.45, 7) is 0. The SMILES string of the molecule is O=C(CC1CC2CCC(C1)N2)NC1(c2cccc(Cl)c2)CCCC1. The van der Waals surface area contributed by atoms with E-state index in [4.69, 9.17) is 11.6 Å². The lowest BCUT2D eigenvalue weighted by Crippen LogP contribution is -2.45. The van der Waals surface area contributed by atoms with Gasteiger partial charge in [-0.2, -0.15) is 0 Å². The van der Waals surface area contributed by atoms with Gasteiger partial charge in [-0.1, -0.05) is 36.6 Å². The number of benzene rings is 1. The van der Waals surface area contributed by atoms with Crippen LogP contribution in [0, 0.1) is 5.92 Å². The van der Waals surface area contributed by atoms with Crippen molar-refractivity contribution < 1.29 is 4.79 Å². The number of piperidine rings is 1. The molecule has 0 radical (unpaired) electrons. The molecule has 24 heavy (non-hydrogen) atoms. The van der Waals surface area contributed by atoms with Gasteiger partial charge in [0.1, 0.15) is 0 Å². The normalized spacial score (nSPS) is 31.1. The molecule has 1 aliphatic carbocycles. The van der Waals surface area contributed by atoms with E-state index < -0.39 is 0 Å². The maximum atomic E-state index is 12.8. The van der Waals surface area contributed by atoms with Gasteiger partial charge in [0.05, 0.1) is 5.54 Å². The molecule has 3 nitrogen and oxygen atoms in total. The maximum absolute atomic E-state index is 12.8. The molecule has 2 unspecified atom stereocenters. The fourth-order valence-electron chi connectivity index (χ4n) is 5.17. The summed E-state index contributed by atoms with van der Waals surface area (Å²) < 4.78 is 0. The van der Waals surface area contributed by atoms with Crippen molar-refractivity contribution in [3.8, 4) is 0 Å². The molecule has 0 spiro atoms. The molecule has 2 saturated heterocycles. The Kier molecular flexibility index (Phi) is 4.57. The Hall–Kier alpha value is -1.06. The van der Waals surface area contributed by atoms with Crippen LogP contribution in [0.15, 0.2) is 24.3 Å². The molecule has 2 atom stereocenters. The van der Waals surface area contributed by atoms with Crippen LogP contribution in [-0.4, -0.2) is 18.0 Å². The highest BCUT2D eigenvalue weighted by Crippen LogP contribution is 2.40. The molecule has 1 saturated carbocycles. The van der Waals surface area contributed by atoms with Crippen molar-refractivity contribution in [2.75, 3.05) is 0 Å². The van der Waals surface area contributed by atoms with Crippen LogP contribution in [0.5, 0.6) is 0 Å². The monoisotopic (exact) mass is 346 g/mol. The number of nitrogens with one attached hydrogen (secondary N) is 2. The highest BCUT2D eigenvalue weighted by atomic mass is 35.5. The van der Waals surface area contributed by atoms with Crippen LogP contribution < -0.4 is 10.6 Å². The quantitative estimate of drug-likeness (QED) is 0.860. The minimum atomic E-state index is -0.201. The van der Waals surface area contributed by atoms with Crippen molar-refractivity contribution in [1.29, 1.82) is 0 Å². The van der Waals surface area contributed by atoms with Gasteiger partial charge in [-0.25, -0.2) is 0 Å². The van der Waals surface area contributed by atoms with Crippen molar-refractivity contribution in [3.05, 3.63) is 34.9 Å². The van der Waals surface area contributed by atoms with E-state index in [0.29, 0.717) is 24.4 Å². The fourth-order valence-corrected chi connectivity index (χ4v) is 5.36. The average molecular weight is 347 g/mol. The van der Waals surface area contributed by atoms with E-state index in [-0.39, 0.29) is 11.4 Å². The van der Waals surface area contributed by atoms with Crippen molar-refractivity contribution in [2.45, 2.75) is 75.4 Å². The predicted molar refractivity (Wildman–Crippen MR) is 97.0 cm³/mol. The third-order valence-electron chi connectivity index (χ3n) is 6.26. The zero-order valence-electron chi connectivity index (χ0n) is 14.2. The van der Waals surface area contributed by atoms with Crippen LogP contribution >= 0.6 is 11.6 Å². The number of fused-ring (bicyclic) bond motifs is 2. The summed E-state index contributed by atoms with van der Waals surface area (Å²) in [4.78, 5) is 12.8. The third-order valence-corrected chi connectivity index (χ3v) is 6.49. The first-order valence-corrected chi connectivity index (χ1v) is 9.84. The molecule has 2 aliphatic heterocycles. The zero-order valence-corrected chi connectivity index (χ0v) is 14.9. The molecule has 3 fully saturated rings. The van der Waals surface area contributed by atoms with Gasteiger partial charge in [-0.3, -0.25) is 4.79 Å². The second kappa shape index (κ2) is 6.68. The second-order valence-corrected chi connectivity index (χ2v) is 8.46. The first-order valence-electron chi connectivity index (χ1n) is 9.46. The van der Waals surface area contributed by atoms with Crippen molar-refractivity contribution >= 4 is 17.5 Å². The van der Waals surface area contributed by atoms with Gasteiger partial charge in [0.25, 0.3) is 0 Å². The summed E-state index contributed by atoms with van der Waals surface area (Å²) in [6.07, 6.45) is 9.96. The van der Waals surface area contributed by atoms with Gasteiger partial charge in [0.15, 0.2) is 0 Å². The summed E-state index contributed by atoms with van der Waals surface area (Å²) in [5.41, 5.74) is 0.972. The summed E-state index contributed by atoms with van der Waals surface area (Å²) in [5.74, 6) is 0.768. The van der Waals surface area contributed by atoms with Crippen LogP contribution in [0.4, 0.5) is 0 Å². The van der Waals surface area contributed by atoms with Gasteiger partial charge in [0.2, 0.25) is 5.91 Å². The molecule has 2 heterocycles. The average Bonchev–Trinajstić information content (AvgIpc) is 3.15. The molecule has 4 heteroatoms. The Bertz CT molecular complexity index is 599. The maximum Gasteiger partial charge on any atom is 0.220 e. The second-order valence-electron chi connectivity index (χ2n) is 8.03. The minimum absolute atomic E-state index is 0.201. The third kappa shape index (κ3) is 3.34. The first-order chi connectivity index (χ1) is 11.6. The molecule has 4 rings (SSSR count). The number of hydrogen-bond acceptors (Lipinski definition) is 2. The van der Waals surface area contributed by atoms with E-state index in [9.17, 15) is 4.79 Å². The topological polar surface area (TPSA) is 41.1 Å². The van der Waals surface area contributed by atoms with Crippen LogP contribution in [0.2, 0.25) is 5.02 Å². The van der Waals surface area contributed by atoms with Crippen LogP contribution in [-0.2, 0) is 10.3 Å². The van der Waals surface area contributed by atoms with Crippen LogP contribution in [0.3, 0.4) is 0 Å². The Balaban J connectivity index is 1.44. The molecule has 1 aromatic rings. The van der Waals surface area contributed by atoms with E-state index in [1.807, 2.05) is 18.2 Å². The summed E-state index contributed by atoms with van der Waals surface area (Å²) in [5, 5.41) is 7.83. The minimum Gasteiger partial charge on any atom is -0.347 e. The molecular formula is C20H27ClN2O. The molecular weight excluding hydrogens is 320 g/mol. The van der Waals surface area contributed by atoms with E-state index in [1.54, 1.807) is 0 Å². The van der Waals surface area contributed by atoms with Crippen LogP contribution in [0.25, 0.3) is 0 Å². The Morgan fingerprint density at radius 2 is 1.92 bits per heavy atom. The largest absolute Gasteiger partial charge is 0.347 e. The standard InChI is InChI=1S/C20H27ClN2O/c21-16-5-3-4-15(13-16)20(8-1-2-9-20)23-19(24)12-14-10-17-6-7-18(11-14)22-17/h3-5,13-14,17-18,22H,1-2,6-12H2,(H,23,24). The number of rotatable bonds is 4. The van der Waals surface area contributed by atoms with Gasteiger partial charge >= 0.3 is 0 Å². The van der Waals surface area contributed by atoms with E-state index in [0.717, 1.165) is 30.7 Å². The lowest BCUT2D eigenvalue weighted by Gasteiger charge is -2.33. The molecule has 2 N–H and O–H groups in total. The Morgan fingerprint density at radius 3 is 2.58 bits per heavy atom. The first kappa shape index (κ1) is 16.4. The van der Waals surface area contributed by atoms with Gasteiger partial charge in [0, 0.05) is 23.5 Å². The van der Waals surface area contributed by atoms with Crippen molar-refractivity contribution in [1.82, 2.24) is 10.6 Å². The van der Waals surface area contributed by atoms with Crippen molar-refractivity contribution in [2.24, 2.45) is 5.92 Å². The van der Waals surface area contributed by atoms with Gasteiger partial charge < -0.3 is 10.6 Å². The lowest BCUT2D eigenvalue weighted by molar-refractivity contribution is -0.124. The van der Waals surface area contributed by atoms with E-state index in [2.05, 4.69) is 16.7 Å². The Morgan fingerprint density at radius 1 is 1.21 bits per heavy atom. The predicted octanol–water partition coefficient (Wildman–Crippen LogP) is 4.15. The van der Waals surface area contributed by atoms with Crippen LogP contribution in [0.1, 0.15) is 63.4 Å². The van der Waals surface area contributed by atoms with E-state index in [1.165, 1.54) is 31.2 Å². The Labute approximate surface area is 149 Å². The number of halogens is 1. The van der Waals surface area contributed by atoms with Gasteiger partial charge in [-0.15, -0.1) is 0 Å². The molecule has 130 valence electrons. The molecule has 2 bridgehead atoms. The summed E-state index contributed by atoms with van der Waals surface area (Å²) in [6, 6.07) is 9.33. The van der Waals surface area contributed by atoms with Gasteiger partial charge in [-0.05, 0) is 62.1 Å². The zero-order chi connectivity index (χ0) is 16.6. The lowest BCUT2D eigenvalue weighted by atomic mass is 9.86. The highest BCUT2D eigenvalue weighted by Gasteiger charge is 2.39. The molecule has 1 amide bonds. The highest BCUT2D eigenvalue weighted by molar-refractivity contribution is 6.30. The summed E-state index contributed by atoms with van der Waals surface area (Å²) in [7, 11) is 0. The smallest absolute Gasteiger partial charge is 0.220 e.